The minimum atomic E-state index is 0.146. The van der Waals surface area contributed by atoms with Crippen LogP contribution in [0.15, 0.2) is 54.6 Å². The average Bonchev–Trinajstić information content (AvgIpc) is 2.62. The standard InChI is InChI=1S/C20H24N2O/c1-16(2)21-12-14-22(15-13-21)20(23)19-10-8-18(9-11-19)17-6-4-3-5-7-17/h3-11,16H,12-15H2,1-2H3. The molecule has 0 spiro atoms. The predicted octanol–water partition coefficient (Wildman–Crippen LogP) is 3.52. The van der Waals surface area contributed by atoms with Crippen LogP contribution in [0.3, 0.4) is 0 Å². The van der Waals surface area contributed by atoms with Crippen molar-refractivity contribution in [1.29, 1.82) is 0 Å². The molecule has 0 unspecified atom stereocenters. The first-order valence-corrected chi connectivity index (χ1v) is 8.34. The van der Waals surface area contributed by atoms with Gasteiger partial charge in [0.2, 0.25) is 0 Å². The summed E-state index contributed by atoms with van der Waals surface area (Å²) >= 11 is 0. The highest BCUT2D eigenvalue weighted by atomic mass is 16.2. The fraction of sp³-hybridized carbons (Fsp3) is 0.350. The Hall–Kier alpha value is -2.13. The van der Waals surface area contributed by atoms with Gasteiger partial charge >= 0.3 is 0 Å². The lowest BCUT2D eigenvalue weighted by atomic mass is 10.0. The molecule has 1 aliphatic heterocycles. The van der Waals surface area contributed by atoms with Crippen molar-refractivity contribution in [2.75, 3.05) is 26.2 Å². The van der Waals surface area contributed by atoms with E-state index in [1.165, 1.54) is 5.56 Å². The Bertz CT molecular complexity index is 641. The zero-order valence-electron chi connectivity index (χ0n) is 13.9. The summed E-state index contributed by atoms with van der Waals surface area (Å²) < 4.78 is 0. The molecule has 120 valence electrons. The monoisotopic (exact) mass is 308 g/mol. The van der Waals surface area contributed by atoms with Gasteiger partial charge in [-0.15, -0.1) is 0 Å². The van der Waals surface area contributed by atoms with E-state index in [-0.39, 0.29) is 5.91 Å². The third-order valence-corrected chi connectivity index (χ3v) is 4.57. The highest BCUT2D eigenvalue weighted by molar-refractivity contribution is 5.94. The van der Waals surface area contributed by atoms with Crippen molar-refractivity contribution >= 4 is 5.91 Å². The van der Waals surface area contributed by atoms with Crippen molar-refractivity contribution < 1.29 is 4.79 Å². The van der Waals surface area contributed by atoms with E-state index in [1.807, 2.05) is 47.4 Å². The second-order valence-corrected chi connectivity index (χ2v) is 6.37. The van der Waals surface area contributed by atoms with Crippen molar-refractivity contribution in [3.63, 3.8) is 0 Å². The van der Waals surface area contributed by atoms with Crippen molar-refractivity contribution in [3.05, 3.63) is 60.2 Å². The fourth-order valence-corrected chi connectivity index (χ4v) is 3.06. The number of carbonyl (C=O) groups excluding carboxylic acids is 1. The van der Waals surface area contributed by atoms with Crippen LogP contribution in [-0.2, 0) is 0 Å². The molecule has 3 nitrogen and oxygen atoms in total. The number of nitrogens with zero attached hydrogens (tertiary/aromatic N) is 2. The summed E-state index contributed by atoms with van der Waals surface area (Å²) in [5.74, 6) is 0.146. The lowest BCUT2D eigenvalue weighted by Crippen LogP contribution is -2.50. The lowest BCUT2D eigenvalue weighted by Gasteiger charge is -2.37. The van der Waals surface area contributed by atoms with Crippen LogP contribution in [-0.4, -0.2) is 47.9 Å². The Kier molecular flexibility index (Phi) is 4.77. The molecule has 0 atom stereocenters. The maximum atomic E-state index is 12.6. The number of piperazine rings is 1. The molecule has 0 aliphatic carbocycles. The first kappa shape index (κ1) is 15.8. The van der Waals surface area contributed by atoms with Gasteiger partial charge < -0.3 is 4.90 Å². The molecule has 2 aromatic carbocycles. The molecule has 1 heterocycles. The summed E-state index contributed by atoms with van der Waals surface area (Å²) in [6.07, 6.45) is 0. The van der Waals surface area contributed by atoms with Gasteiger partial charge in [-0.2, -0.15) is 0 Å². The quantitative estimate of drug-likeness (QED) is 0.866. The van der Waals surface area contributed by atoms with Gasteiger partial charge in [-0.25, -0.2) is 0 Å². The van der Waals surface area contributed by atoms with Gasteiger partial charge in [0.25, 0.3) is 5.91 Å². The Labute approximate surface area is 138 Å². The Morgan fingerprint density at radius 3 is 1.96 bits per heavy atom. The van der Waals surface area contributed by atoms with E-state index >= 15 is 0 Å². The third-order valence-electron chi connectivity index (χ3n) is 4.57. The van der Waals surface area contributed by atoms with Crippen LogP contribution in [0.5, 0.6) is 0 Å². The fourth-order valence-electron chi connectivity index (χ4n) is 3.06. The SMILES string of the molecule is CC(C)N1CCN(C(=O)c2ccc(-c3ccccc3)cc2)CC1. The van der Waals surface area contributed by atoms with E-state index in [0.717, 1.165) is 37.3 Å². The molecule has 1 aliphatic rings. The number of hydrogen-bond donors (Lipinski definition) is 0. The van der Waals surface area contributed by atoms with Gasteiger partial charge in [0.05, 0.1) is 0 Å². The van der Waals surface area contributed by atoms with E-state index in [1.54, 1.807) is 0 Å². The molecular weight excluding hydrogens is 284 g/mol. The summed E-state index contributed by atoms with van der Waals surface area (Å²) in [4.78, 5) is 17.0. The van der Waals surface area contributed by atoms with Crippen LogP contribution in [0.1, 0.15) is 24.2 Å². The van der Waals surface area contributed by atoms with Crippen LogP contribution >= 0.6 is 0 Å². The molecule has 1 amide bonds. The molecule has 0 radical (unpaired) electrons. The Balaban J connectivity index is 1.67. The van der Waals surface area contributed by atoms with Crippen LogP contribution in [0.2, 0.25) is 0 Å². The van der Waals surface area contributed by atoms with Crippen molar-refractivity contribution in [1.82, 2.24) is 9.80 Å². The van der Waals surface area contributed by atoms with E-state index in [2.05, 4.69) is 30.9 Å². The first-order chi connectivity index (χ1) is 11.1. The van der Waals surface area contributed by atoms with E-state index in [9.17, 15) is 4.79 Å². The molecular formula is C20H24N2O. The molecule has 0 aromatic heterocycles. The lowest BCUT2D eigenvalue weighted by molar-refractivity contribution is 0.0595. The number of benzene rings is 2. The molecule has 3 heteroatoms. The molecule has 0 bridgehead atoms. The largest absolute Gasteiger partial charge is 0.336 e. The summed E-state index contributed by atoms with van der Waals surface area (Å²) in [6, 6.07) is 18.8. The van der Waals surface area contributed by atoms with Gasteiger partial charge in [0, 0.05) is 37.8 Å². The van der Waals surface area contributed by atoms with Gasteiger partial charge in [-0.1, -0.05) is 42.5 Å². The zero-order chi connectivity index (χ0) is 16.2. The van der Waals surface area contributed by atoms with Gasteiger partial charge in [0.1, 0.15) is 0 Å². The smallest absolute Gasteiger partial charge is 0.253 e. The van der Waals surface area contributed by atoms with Crippen molar-refractivity contribution in [2.45, 2.75) is 19.9 Å². The van der Waals surface area contributed by atoms with Crippen LogP contribution < -0.4 is 0 Å². The molecule has 1 saturated heterocycles. The minimum Gasteiger partial charge on any atom is -0.336 e. The van der Waals surface area contributed by atoms with Gasteiger partial charge in [-0.3, -0.25) is 9.69 Å². The normalized spacial score (nSPS) is 15.9. The topological polar surface area (TPSA) is 23.6 Å². The number of hydrogen-bond acceptors (Lipinski definition) is 2. The minimum absolute atomic E-state index is 0.146. The van der Waals surface area contributed by atoms with Gasteiger partial charge in [-0.05, 0) is 37.1 Å². The molecule has 0 N–H and O–H groups in total. The second-order valence-electron chi connectivity index (χ2n) is 6.37. The highest BCUT2D eigenvalue weighted by Gasteiger charge is 2.23. The van der Waals surface area contributed by atoms with Crippen molar-refractivity contribution in [2.24, 2.45) is 0 Å². The van der Waals surface area contributed by atoms with Crippen molar-refractivity contribution in [3.8, 4) is 11.1 Å². The highest BCUT2D eigenvalue weighted by Crippen LogP contribution is 2.20. The molecule has 3 rings (SSSR count). The number of carbonyl (C=O) groups is 1. The van der Waals surface area contributed by atoms with E-state index in [4.69, 9.17) is 0 Å². The van der Waals surface area contributed by atoms with Gasteiger partial charge in [0.15, 0.2) is 0 Å². The maximum absolute atomic E-state index is 12.6. The van der Waals surface area contributed by atoms with Crippen LogP contribution in [0.4, 0.5) is 0 Å². The Morgan fingerprint density at radius 2 is 1.39 bits per heavy atom. The maximum Gasteiger partial charge on any atom is 0.253 e. The molecule has 23 heavy (non-hydrogen) atoms. The average molecular weight is 308 g/mol. The van der Waals surface area contributed by atoms with Crippen LogP contribution in [0.25, 0.3) is 11.1 Å². The number of rotatable bonds is 3. The van der Waals surface area contributed by atoms with E-state index in [0.29, 0.717) is 6.04 Å². The van der Waals surface area contributed by atoms with Crippen LogP contribution in [0, 0.1) is 0 Å². The summed E-state index contributed by atoms with van der Waals surface area (Å²) in [5, 5.41) is 0. The molecule has 0 saturated carbocycles. The first-order valence-electron chi connectivity index (χ1n) is 8.34. The predicted molar refractivity (Wildman–Crippen MR) is 94.5 cm³/mol. The summed E-state index contributed by atoms with van der Waals surface area (Å²) in [6.45, 7) is 7.98. The molecule has 1 fully saturated rings. The zero-order valence-corrected chi connectivity index (χ0v) is 13.9. The molecule has 2 aromatic rings. The third kappa shape index (κ3) is 3.62. The number of amides is 1. The summed E-state index contributed by atoms with van der Waals surface area (Å²) in [7, 11) is 0. The summed E-state index contributed by atoms with van der Waals surface area (Å²) in [5.41, 5.74) is 3.10. The second kappa shape index (κ2) is 6.97. The Morgan fingerprint density at radius 1 is 0.826 bits per heavy atom. The van der Waals surface area contributed by atoms with E-state index < -0.39 is 0 Å².